The average Bonchev–Trinajstić information content (AvgIpc) is 2.16. The third-order valence-electron chi connectivity index (χ3n) is 2.20. The molecular weight excluding hydrogens is 202 g/mol. The predicted molar refractivity (Wildman–Crippen MR) is 64.8 cm³/mol. The van der Waals surface area contributed by atoms with E-state index in [2.05, 4.69) is 10.9 Å². The zero-order valence-corrected chi connectivity index (χ0v) is 10.0. The zero-order chi connectivity index (χ0) is 12.1. The van der Waals surface area contributed by atoms with Gasteiger partial charge in [-0.2, -0.15) is 0 Å². The summed E-state index contributed by atoms with van der Waals surface area (Å²) < 4.78 is 0. The number of aryl methyl sites for hydroxylation is 1. The van der Waals surface area contributed by atoms with Crippen molar-refractivity contribution in [1.82, 2.24) is 10.9 Å². The Labute approximate surface area is 96.2 Å². The highest BCUT2D eigenvalue weighted by molar-refractivity contribution is 5.94. The van der Waals surface area contributed by atoms with Gasteiger partial charge in [0.1, 0.15) is 0 Å². The fourth-order valence-corrected chi connectivity index (χ4v) is 1.46. The van der Waals surface area contributed by atoms with Crippen molar-refractivity contribution in [2.24, 2.45) is 5.73 Å². The van der Waals surface area contributed by atoms with Crippen LogP contribution in [0.3, 0.4) is 0 Å². The zero-order valence-electron chi connectivity index (χ0n) is 10.0. The molecule has 0 aliphatic heterocycles. The molecule has 0 aliphatic carbocycles. The van der Waals surface area contributed by atoms with Crippen LogP contribution in [0.5, 0.6) is 0 Å². The molecule has 0 saturated heterocycles. The monoisotopic (exact) mass is 221 g/mol. The van der Waals surface area contributed by atoms with Crippen LogP contribution in [0.1, 0.15) is 35.3 Å². The van der Waals surface area contributed by atoms with Crippen molar-refractivity contribution in [2.75, 3.05) is 0 Å². The molecule has 88 valence electrons. The van der Waals surface area contributed by atoms with Crippen molar-refractivity contribution >= 4 is 5.91 Å². The molecule has 0 atom stereocenters. The van der Waals surface area contributed by atoms with Gasteiger partial charge in [-0.05, 0) is 32.4 Å². The SMILES string of the molecule is Cc1ccc(C(N)=O)c(CNNC(C)C)c1. The third-order valence-corrected chi connectivity index (χ3v) is 2.20. The summed E-state index contributed by atoms with van der Waals surface area (Å²) in [7, 11) is 0. The fraction of sp³-hybridized carbons (Fsp3) is 0.417. The molecule has 0 aliphatic rings. The Balaban J connectivity index is 2.76. The Kier molecular flexibility index (Phi) is 4.46. The first-order valence-electron chi connectivity index (χ1n) is 5.38. The molecular formula is C12H19N3O. The number of carbonyl (C=O) groups excluding carboxylic acids is 1. The molecule has 0 unspecified atom stereocenters. The number of nitrogens with two attached hydrogens (primary N) is 1. The number of rotatable bonds is 5. The highest BCUT2D eigenvalue weighted by Crippen LogP contribution is 2.10. The summed E-state index contributed by atoms with van der Waals surface area (Å²) in [6.07, 6.45) is 0. The topological polar surface area (TPSA) is 67.2 Å². The van der Waals surface area contributed by atoms with Crippen LogP contribution in [0, 0.1) is 6.92 Å². The molecule has 4 nitrogen and oxygen atoms in total. The van der Waals surface area contributed by atoms with E-state index in [1.807, 2.05) is 32.9 Å². The van der Waals surface area contributed by atoms with Gasteiger partial charge in [-0.1, -0.05) is 17.7 Å². The predicted octanol–water partition coefficient (Wildman–Crippen LogP) is 1.10. The number of carbonyl (C=O) groups is 1. The lowest BCUT2D eigenvalue weighted by Crippen LogP contribution is -2.37. The Bertz CT molecular complexity index is 375. The molecule has 0 radical (unpaired) electrons. The maximum Gasteiger partial charge on any atom is 0.249 e. The van der Waals surface area contributed by atoms with Gasteiger partial charge in [0, 0.05) is 18.2 Å². The van der Waals surface area contributed by atoms with Crippen LogP contribution in [0.15, 0.2) is 18.2 Å². The molecule has 1 amide bonds. The molecule has 1 aromatic carbocycles. The summed E-state index contributed by atoms with van der Waals surface area (Å²) in [6.45, 7) is 6.65. The van der Waals surface area contributed by atoms with Crippen molar-refractivity contribution in [3.05, 3.63) is 34.9 Å². The quantitative estimate of drug-likeness (QED) is 0.652. The normalized spacial score (nSPS) is 10.8. The van der Waals surface area contributed by atoms with E-state index in [-0.39, 0.29) is 5.91 Å². The van der Waals surface area contributed by atoms with Gasteiger partial charge in [0.05, 0.1) is 0 Å². The van der Waals surface area contributed by atoms with E-state index in [1.54, 1.807) is 6.07 Å². The van der Waals surface area contributed by atoms with Crippen LogP contribution in [0.2, 0.25) is 0 Å². The standard InChI is InChI=1S/C12H19N3O/c1-8(2)15-14-7-10-6-9(3)4-5-11(10)12(13)16/h4-6,8,14-15H,7H2,1-3H3,(H2,13,16). The molecule has 16 heavy (non-hydrogen) atoms. The molecule has 0 spiro atoms. The Morgan fingerprint density at radius 3 is 2.69 bits per heavy atom. The second-order valence-electron chi connectivity index (χ2n) is 4.18. The molecule has 0 saturated carbocycles. The van der Waals surface area contributed by atoms with E-state index >= 15 is 0 Å². The van der Waals surface area contributed by atoms with Gasteiger partial charge in [0.25, 0.3) is 0 Å². The first kappa shape index (κ1) is 12.7. The minimum absolute atomic E-state index is 0.349. The first-order chi connectivity index (χ1) is 7.50. The molecule has 0 aromatic heterocycles. The highest BCUT2D eigenvalue weighted by Gasteiger charge is 2.07. The van der Waals surface area contributed by atoms with Crippen LogP contribution in [0.25, 0.3) is 0 Å². The number of hydrogen-bond acceptors (Lipinski definition) is 3. The summed E-state index contributed by atoms with van der Waals surface area (Å²) in [4.78, 5) is 11.2. The first-order valence-corrected chi connectivity index (χ1v) is 5.38. The fourth-order valence-electron chi connectivity index (χ4n) is 1.46. The van der Waals surface area contributed by atoms with Crippen LogP contribution >= 0.6 is 0 Å². The molecule has 0 fully saturated rings. The number of benzene rings is 1. The summed E-state index contributed by atoms with van der Waals surface area (Å²) in [5.74, 6) is -0.388. The van der Waals surface area contributed by atoms with E-state index in [9.17, 15) is 4.79 Å². The number of primary amides is 1. The van der Waals surface area contributed by atoms with Gasteiger partial charge < -0.3 is 5.73 Å². The molecule has 1 aromatic rings. The number of nitrogens with one attached hydrogen (secondary N) is 2. The molecule has 0 bridgehead atoms. The van der Waals surface area contributed by atoms with E-state index in [4.69, 9.17) is 5.73 Å². The van der Waals surface area contributed by atoms with Gasteiger partial charge in [0.15, 0.2) is 0 Å². The van der Waals surface area contributed by atoms with E-state index in [1.165, 1.54) is 0 Å². The smallest absolute Gasteiger partial charge is 0.249 e. The molecule has 4 N–H and O–H groups in total. The van der Waals surface area contributed by atoms with Gasteiger partial charge in [-0.15, -0.1) is 0 Å². The highest BCUT2D eigenvalue weighted by atomic mass is 16.1. The van der Waals surface area contributed by atoms with Gasteiger partial charge in [-0.25, -0.2) is 0 Å². The summed E-state index contributed by atoms with van der Waals surface area (Å²) in [5, 5.41) is 0. The maximum absolute atomic E-state index is 11.2. The van der Waals surface area contributed by atoms with Crippen LogP contribution in [-0.4, -0.2) is 11.9 Å². The second kappa shape index (κ2) is 5.63. The number of hydrazine groups is 1. The Hall–Kier alpha value is -1.39. The van der Waals surface area contributed by atoms with E-state index in [0.717, 1.165) is 11.1 Å². The van der Waals surface area contributed by atoms with Crippen LogP contribution < -0.4 is 16.6 Å². The van der Waals surface area contributed by atoms with Crippen molar-refractivity contribution in [1.29, 1.82) is 0 Å². The largest absolute Gasteiger partial charge is 0.366 e. The van der Waals surface area contributed by atoms with Crippen molar-refractivity contribution in [3.63, 3.8) is 0 Å². The van der Waals surface area contributed by atoms with Crippen molar-refractivity contribution in [2.45, 2.75) is 33.4 Å². The van der Waals surface area contributed by atoms with E-state index < -0.39 is 0 Å². The van der Waals surface area contributed by atoms with E-state index in [0.29, 0.717) is 18.2 Å². The lowest BCUT2D eigenvalue weighted by molar-refractivity contribution is 0.0999. The van der Waals surface area contributed by atoms with Gasteiger partial charge in [-0.3, -0.25) is 15.6 Å². The third kappa shape index (κ3) is 3.64. The van der Waals surface area contributed by atoms with Crippen LogP contribution in [-0.2, 0) is 6.54 Å². The maximum atomic E-state index is 11.2. The minimum Gasteiger partial charge on any atom is -0.366 e. The van der Waals surface area contributed by atoms with Gasteiger partial charge in [0.2, 0.25) is 5.91 Å². The lowest BCUT2D eigenvalue weighted by Gasteiger charge is -2.12. The van der Waals surface area contributed by atoms with Crippen LogP contribution in [0.4, 0.5) is 0 Å². The second-order valence-corrected chi connectivity index (χ2v) is 4.18. The summed E-state index contributed by atoms with van der Waals surface area (Å²) in [6, 6.07) is 5.97. The number of hydrogen-bond donors (Lipinski definition) is 3. The minimum atomic E-state index is -0.388. The lowest BCUT2D eigenvalue weighted by atomic mass is 10.0. The molecule has 1 rings (SSSR count). The molecule has 4 heteroatoms. The number of amides is 1. The summed E-state index contributed by atoms with van der Waals surface area (Å²) in [5.41, 5.74) is 14.1. The Morgan fingerprint density at radius 1 is 1.44 bits per heavy atom. The molecule has 0 heterocycles. The summed E-state index contributed by atoms with van der Waals surface area (Å²) >= 11 is 0. The van der Waals surface area contributed by atoms with Crippen molar-refractivity contribution in [3.8, 4) is 0 Å². The van der Waals surface area contributed by atoms with Crippen molar-refractivity contribution < 1.29 is 4.79 Å². The Morgan fingerprint density at radius 2 is 2.12 bits per heavy atom. The average molecular weight is 221 g/mol. The van der Waals surface area contributed by atoms with Gasteiger partial charge >= 0.3 is 0 Å².